The summed E-state index contributed by atoms with van der Waals surface area (Å²) >= 11 is 0. The lowest BCUT2D eigenvalue weighted by molar-refractivity contribution is 0.563. The number of anilines is 1. The molecule has 0 spiro atoms. The number of halogens is 1. The molecule has 1 fully saturated rings. The molecule has 0 bridgehead atoms. The number of rotatable bonds is 2. The van der Waals surface area contributed by atoms with Crippen LogP contribution >= 0.6 is 0 Å². The Hall–Kier alpha value is -2.56. The van der Waals surface area contributed by atoms with Gasteiger partial charge in [-0.25, -0.2) is 14.4 Å². The van der Waals surface area contributed by atoms with Gasteiger partial charge in [0, 0.05) is 24.5 Å². The largest absolute Gasteiger partial charge is 0.349 e. The molecule has 0 aliphatic carbocycles. The molecule has 2 atom stereocenters. The van der Waals surface area contributed by atoms with Crippen molar-refractivity contribution in [2.45, 2.75) is 19.4 Å². The Morgan fingerprint density at radius 3 is 2.78 bits per heavy atom. The molecule has 1 saturated heterocycles. The van der Waals surface area contributed by atoms with E-state index in [0.29, 0.717) is 11.6 Å². The fourth-order valence-electron chi connectivity index (χ4n) is 3.34. The Morgan fingerprint density at radius 2 is 1.91 bits per heavy atom. The molecule has 4 rings (SSSR count). The highest BCUT2D eigenvalue weighted by Crippen LogP contribution is 2.39. The molecule has 3 aromatic rings. The number of nitrogens with zero attached hydrogens (tertiary/aromatic N) is 4. The van der Waals surface area contributed by atoms with Crippen molar-refractivity contribution in [1.29, 1.82) is 0 Å². The molecule has 0 saturated carbocycles. The van der Waals surface area contributed by atoms with Crippen LogP contribution < -0.4 is 4.90 Å². The number of hydrogen-bond donors (Lipinski definition) is 0. The van der Waals surface area contributed by atoms with E-state index in [2.05, 4.69) is 26.8 Å². The van der Waals surface area contributed by atoms with Gasteiger partial charge in [0.05, 0.1) is 6.04 Å². The maximum Gasteiger partial charge on any atom is 0.180 e. The van der Waals surface area contributed by atoms with Crippen LogP contribution in [0.25, 0.3) is 11.2 Å². The molecule has 2 aromatic heterocycles. The number of aromatic nitrogens is 3. The Kier molecular flexibility index (Phi) is 3.41. The summed E-state index contributed by atoms with van der Waals surface area (Å²) in [5.41, 5.74) is 2.13. The second-order valence-electron chi connectivity index (χ2n) is 6.10. The third-order valence-corrected chi connectivity index (χ3v) is 4.39. The number of hydrogen-bond acceptors (Lipinski definition) is 4. The van der Waals surface area contributed by atoms with Crippen LogP contribution in [0.2, 0.25) is 0 Å². The van der Waals surface area contributed by atoms with Gasteiger partial charge >= 0.3 is 0 Å². The van der Waals surface area contributed by atoms with Crippen LogP contribution in [0.5, 0.6) is 0 Å². The van der Waals surface area contributed by atoms with Crippen molar-refractivity contribution in [3.63, 3.8) is 0 Å². The van der Waals surface area contributed by atoms with E-state index in [1.807, 2.05) is 24.3 Å². The quantitative estimate of drug-likeness (QED) is 0.723. The van der Waals surface area contributed by atoms with Gasteiger partial charge in [0.25, 0.3) is 0 Å². The summed E-state index contributed by atoms with van der Waals surface area (Å²) in [7, 11) is 0. The van der Waals surface area contributed by atoms with E-state index < -0.39 is 0 Å². The summed E-state index contributed by atoms with van der Waals surface area (Å²) in [4.78, 5) is 15.3. The first-order chi connectivity index (χ1) is 11.2. The molecule has 0 N–H and O–H groups in total. The summed E-state index contributed by atoms with van der Waals surface area (Å²) in [6, 6.07) is 10.9. The lowest BCUT2D eigenvalue weighted by Gasteiger charge is -2.26. The van der Waals surface area contributed by atoms with E-state index in [9.17, 15) is 4.39 Å². The predicted octanol–water partition coefficient (Wildman–Crippen LogP) is 3.75. The van der Waals surface area contributed by atoms with Crippen LogP contribution in [-0.2, 0) is 0 Å². The number of pyridine rings is 1. The first-order valence-electron chi connectivity index (χ1n) is 7.81. The topological polar surface area (TPSA) is 41.9 Å². The molecule has 2 unspecified atom stereocenters. The highest BCUT2D eigenvalue weighted by molar-refractivity contribution is 5.71. The van der Waals surface area contributed by atoms with Crippen molar-refractivity contribution in [1.82, 2.24) is 15.0 Å². The van der Waals surface area contributed by atoms with Gasteiger partial charge in [-0.05, 0) is 30.5 Å². The van der Waals surface area contributed by atoms with Crippen LogP contribution in [0.3, 0.4) is 0 Å². The van der Waals surface area contributed by atoms with E-state index in [-0.39, 0.29) is 11.9 Å². The molecule has 1 aromatic carbocycles. The highest BCUT2D eigenvalue weighted by Gasteiger charge is 2.33. The maximum absolute atomic E-state index is 14.2. The Labute approximate surface area is 134 Å². The average Bonchev–Trinajstić information content (AvgIpc) is 2.96. The zero-order valence-corrected chi connectivity index (χ0v) is 12.9. The highest BCUT2D eigenvalue weighted by atomic mass is 19.1. The third-order valence-electron chi connectivity index (χ3n) is 4.39. The lowest BCUT2D eigenvalue weighted by atomic mass is 10.0. The van der Waals surface area contributed by atoms with Crippen LogP contribution in [0.1, 0.15) is 24.9 Å². The van der Waals surface area contributed by atoms with Crippen LogP contribution in [0, 0.1) is 11.7 Å². The minimum Gasteiger partial charge on any atom is -0.349 e. The van der Waals surface area contributed by atoms with E-state index >= 15 is 0 Å². The molecule has 0 amide bonds. The molecule has 5 heteroatoms. The van der Waals surface area contributed by atoms with Crippen LogP contribution in [0.4, 0.5) is 10.2 Å². The van der Waals surface area contributed by atoms with Gasteiger partial charge in [-0.1, -0.05) is 25.1 Å². The van der Waals surface area contributed by atoms with Gasteiger partial charge in [-0.2, -0.15) is 0 Å². The van der Waals surface area contributed by atoms with Crippen molar-refractivity contribution in [3.8, 4) is 0 Å². The summed E-state index contributed by atoms with van der Waals surface area (Å²) in [5.74, 6) is 1.16. The second-order valence-corrected chi connectivity index (χ2v) is 6.10. The van der Waals surface area contributed by atoms with Crippen LogP contribution in [-0.4, -0.2) is 21.5 Å². The minimum absolute atomic E-state index is 0.00724. The molecular weight excluding hydrogens is 291 g/mol. The maximum atomic E-state index is 14.2. The standard InChI is InChI=1S/C18H17FN4/c1-12-10-16(13-4-2-3-5-14(13)19)23(11-12)17-7-6-15-18(22-17)21-9-8-20-15/h2-9,12,16H,10-11H2,1H3. The zero-order chi connectivity index (χ0) is 15.8. The molecule has 0 radical (unpaired) electrons. The molecule has 1 aliphatic heterocycles. The average molecular weight is 308 g/mol. The molecule has 116 valence electrons. The van der Waals surface area contributed by atoms with Crippen LogP contribution in [0.15, 0.2) is 48.8 Å². The minimum atomic E-state index is -0.155. The smallest absolute Gasteiger partial charge is 0.180 e. The van der Waals surface area contributed by atoms with E-state index in [1.165, 1.54) is 6.07 Å². The summed E-state index contributed by atoms with van der Waals surface area (Å²) in [6.07, 6.45) is 4.21. The SMILES string of the molecule is CC1CC(c2ccccc2F)N(c2ccc3nccnc3n2)C1. The first kappa shape index (κ1) is 14.1. The number of benzene rings is 1. The fourth-order valence-corrected chi connectivity index (χ4v) is 3.34. The van der Waals surface area contributed by atoms with E-state index in [0.717, 1.165) is 29.9 Å². The zero-order valence-electron chi connectivity index (χ0n) is 12.9. The van der Waals surface area contributed by atoms with Gasteiger partial charge in [0.2, 0.25) is 0 Å². The third kappa shape index (κ3) is 2.52. The Bertz CT molecular complexity index is 851. The summed E-state index contributed by atoms with van der Waals surface area (Å²) < 4.78 is 14.2. The predicted molar refractivity (Wildman–Crippen MR) is 87.6 cm³/mol. The van der Waals surface area contributed by atoms with Crippen molar-refractivity contribution in [2.24, 2.45) is 5.92 Å². The Balaban J connectivity index is 1.77. The molecule has 3 heterocycles. The molecule has 1 aliphatic rings. The summed E-state index contributed by atoms with van der Waals surface area (Å²) in [5, 5.41) is 0. The normalized spacial score (nSPS) is 21.0. The fraction of sp³-hybridized carbons (Fsp3) is 0.278. The molecular formula is C18H17FN4. The van der Waals surface area contributed by atoms with Gasteiger partial charge in [-0.15, -0.1) is 0 Å². The Morgan fingerprint density at radius 1 is 1.09 bits per heavy atom. The van der Waals surface area contributed by atoms with Gasteiger partial charge in [0.1, 0.15) is 17.2 Å². The lowest BCUT2D eigenvalue weighted by Crippen LogP contribution is -2.24. The second kappa shape index (κ2) is 5.57. The van der Waals surface area contributed by atoms with Crippen molar-refractivity contribution in [2.75, 3.05) is 11.4 Å². The summed E-state index contributed by atoms with van der Waals surface area (Å²) in [6.45, 7) is 3.05. The van der Waals surface area contributed by atoms with Crippen molar-refractivity contribution < 1.29 is 4.39 Å². The van der Waals surface area contributed by atoms with Crippen molar-refractivity contribution >= 4 is 17.0 Å². The molecule has 23 heavy (non-hydrogen) atoms. The van der Waals surface area contributed by atoms with Crippen molar-refractivity contribution in [3.05, 3.63) is 60.2 Å². The molecule has 4 nitrogen and oxygen atoms in total. The van der Waals surface area contributed by atoms with E-state index in [1.54, 1.807) is 18.5 Å². The van der Waals surface area contributed by atoms with Gasteiger partial charge < -0.3 is 4.90 Å². The van der Waals surface area contributed by atoms with Gasteiger partial charge in [0.15, 0.2) is 5.65 Å². The monoisotopic (exact) mass is 308 g/mol. The van der Waals surface area contributed by atoms with Gasteiger partial charge in [-0.3, -0.25) is 4.98 Å². The number of fused-ring (bicyclic) bond motifs is 1. The first-order valence-corrected chi connectivity index (χ1v) is 7.81. The van der Waals surface area contributed by atoms with E-state index in [4.69, 9.17) is 0 Å².